The molecule has 0 radical (unpaired) electrons. The first-order valence-electron chi connectivity index (χ1n) is 17.1. The molecule has 2 N–H and O–H groups in total. The number of benzene rings is 3. The summed E-state index contributed by atoms with van der Waals surface area (Å²) in [6.07, 6.45) is 0.984. The summed E-state index contributed by atoms with van der Waals surface area (Å²) in [7, 11) is 0. The number of nitrogens with zero attached hydrogens (tertiary/aromatic N) is 4. The summed E-state index contributed by atoms with van der Waals surface area (Å²) >= 11 is 0. The first-order chi connectivity index (χ1) is 24.0. The summed E-state index contributed by atoms with van der Waals surface area (Å²) in [6.45, 7) is 10.1. The number of piperazine rings is 1. The van der Waals surface area contributed by atoms with Gasteiger partial charge in [-0.3, -0.25) is 39.1 Å². The third-order valence-corrected chi connectivity index (χ3v) is 10.9. The van der Waals surface area contributed by atoms with Gasteiger partial charge in [0.05, 0.1) is 28.3 Å². The monoisotopic (exact) mass is 668 g/mol. The second-order valence-electron chi connectivity index (χ2n) is 14.2. The molecule has 4 amide bonds. The van der Waals surface area contributed by atoms with Crippen LogP contribution in [0.5, 0.6) is 0 Å². The predicted molar refractivity (Wildman–Crippen MR) is 185 cm³/mol. The second-order valence-corrected chi connectivity index (χ2v) is 14.2. The number of fused-ring (bicyclic) bond motifs is 5. The fourth-order valence-electron chi connectivity index (χ4n) is 8.18. The van der Waals surface area contributed by atoms with Crippen LogP contribution in [0.3, 0.4) is 0 Å². The number of amides is 4. The van der Waals surface area contributed by atoms with E-state index in [1.165, 1.54) is 0 Å². The van der Waals surface area contributed by atoms with Crippen molar-refractivity contribution in [1.82, 2.24) is 20.1 Å². The van der Waals surface area contributed by atoms with Crippen molar-refractivity contribution in [3.05, 3.63) is 98.7 Å². The Bertz CT molecular complexity index is 2240. The number of ketones is 1. The number of H-pyrrole nitrogens is 1. The standard InChI is InChI=1S/C39H36N6O5/c1-4-23-17-27-28(39(2,3)35-33(34(27)47)25-8-5-21(19-40)16-29(25)41-35)18-31(23)44-13-11-43(12-14-44)20-22-6-7-24-26(15-22)38(50)45(37(24)49)30-9-10-32(46)42-36(30)48/h5-8,15-18,30,41H,4,9-14,20H2,1-3H3,(H,42,46,48). The first-order valence-corrected chi connectivity index (χ1v) is 17.1. The molecule has 3 aliphatic heterocycles. The maximum atomic E-state index is 14.1. The minimum absolute atomic E-state index is 0.00566. The molecular formula is C39H36N6O5. The molecule has 1 aromatic heterocycles. The Morgan fingerprint density at radius 3 is 2.38 bits per heavy atom. The SMILES string of the molecule is CCc1cc2c(cc1N1CCN(Cc3ccc4c(c3)C(=O)N(C3CCC(=O)NC3=O)C4=O)CC1)C(C)(C)c1[nH]c3cc(C#N)ccc3c1C2=O. The number of aromatic amines is 1. The van der Waals surface area contributed by atoms with E-state index in [4.69, 9.17) is 0 Å². The van der Waals surface area contributed by atoms with Crippen LogP contribution in [-0.2, 0) is 28.0 Å². The number of nitriles is 1. The normalized spacial score (nSPS) is 20.1. The van der Waals surface area contributed by atoms with Gasteiger partial charge in [-0.15, -0.1) is 0 Å². The number of anilines is 1. The molecule has 0 spiro atoms. The Balaban J connectivity index is 1.00. The number of carbonyl (C=O) groups is 5. The number of hydrogen-bond donors (Lipinski definition) is 2. The number of piperidine rings is 1. The zero-order chi connectivity index (χ0) is 35.1. The van der Waals surface area contributed by atoms with Crippen molar-refractivity contribution in [3.8, 4) is 6.07 Å². The maximum absolute atomic E-state index is 14.1. The van der Waals surface area contributed by atoms with Gasteiger partial charge in [-0.2, -0.15) is 5.26 Å². The number of aromatic nitrogens is 1. The van der Waals surface area contributed by atoms with E-state index in [-0.39, 0.29) is 24.2 Å². The molecule has 2 fully saturated rings. The molecular weight excluding hydrogens is 632 g/mol. The van der Waals surface area contributed by atoms with Gasteiger partial charge in [0, 0.05) is 72.4 Å². The zero-order valence-corrected chi connectivity index (χ0v) is 28.2. The van der Waals surface area contributed by atoms with Crippen LogP contribution < -0.4 is 10.2 Å². The van der Waals surface area contributed by atoms with E-state index in [0.717, 1.165) is 82.0 Å². The second kappa shape index (κ2) is 11.5. The highest BCUT2D eigenvalue weighted by molar-refractivity contribution is 6.23. The lowest BCUT2D eigenvalue weighted by Gasteiger charge is -2.39. The smallest absolute Gasteiger partial charge is 0.262 e. The van der Waals surface area contributed by atoms with Crippen LogP contribution in [-0.4, -0.2) is 76.4 Å². The van der Waals surface area contributed by atoms with Crippen molar-refractivity contribution < 1.29 is 24.0 Å². The number of hydrogen-bond acceptors (Lipinski definition) is 8. The molecule has 0 saturated carbocycles. The minimum Gasteiger partial charge on any atom is -0.369 e. The molecule has 4 aliphatic rings. The molecule has 1 atom stereocenters. The predicted octanol–water partition coefficient (Wildman–Crippen LogP) is 4.20. The quantitative estimate of drug-likeness (QED) is 0.301. The number of imide groups is 2. The van der Waals surface area contributed by atoms with Crippen LogP contribution in [0.2, 0.25) is 0 Å². The highest BCUT2D eigenvalue weighted by atomic mass is 16.2. The number of aryl methyl sites for hydroxylation is 1. The van der Waals surface area contributed by atoms with E-state index >= 15 is 0 Å². The Morgan fingerprint density at radius 2 is 1.66 bits per heavy atom. The van der Waals surface area contributed by atoms with Gasteiger partial charge < -0.3 is 9.88 Å². The molecule has 8 rings (SSSR count). The Morgan fingerprint density at radius 1 is 0.900 bits per heavy atom. The van der Waals surface area contributed by atoms with E-state index in [1.54, 1.807) is 24.3 Å². The average molecular weight is 669 g/mol. The molecule has 4 aromatic rings. The Labute approximate surface area is 288 Å². The van der Waals surface area contributed by atoms with Crippen LogP contribution in [0.4, 0.5) is 5.69 Å². The average Bonchev–Trinajstić information content (AvgIpc) is 3.62. The fraction of sp³-hybridized carbons (Fsp3) is 0.333. The van der Waals surface area contributed by atoms with Gasteiger partial charge in [-0.05, 0) is 65.9 Å². The number of nitrogens with one attached hydrogen (secondary N) is 2. The molecule has 1 unspecified atom stereocenters. The van der Waals surface area contributed by atoms with Crippen molar-refractivity contribution >= 4 is 46.0 Å². The van der Waals surface area contributed by atoms with Gasteiger partial charge in [0.1, 0.15) is 6.04 Å². The number of rotatable bonds is 5. The summed E-state index contributed by atoms with van der Waals surface area (Å²) in [5.41, 5.74) is 7.88. The summed E-state index contributed by atoms with van der Waals surface area (Å²) in [4.78, 5) is 73.8. The fourth-order valence-corrected chi connectivity index (χ4v) is 8.18. The van der Waals surface area contributed by atoms with E-state index in [2.05, 4.69) is 59.1 Å². The molecule has 252 valence electrons. The lowest BCUT2D eigenvalue weighted by atomic mass is 9.70. The first kappa shape index (κ1) is 31.7. The molecule has 0 bridgehead atoms. The summed E-state index contributed by atoms with van der Waals surface area (Å²) < 4.78 is 0. The Kier molecular flexibility index (Phi) is 7.28. The topological polar surface area (TPSA) is 147 Å². The summed E-state index contributed by atoms with van der Waals surface area (Å²) in [5.74, 6) is -2.02. The van der Waals surface area contributed by atoms with Crippen molar-refractivity contribution in [2.75, 3.05) is 31.1 Å². The zero-order valence-electron chi connectivity index (χ0n) is 28.2. The van der Waals surface area contributed by atoms with Gasteiger partial charge >= 0.3 is 0 Å². The van der Waals surface area contributed by atoms with E-state index in [9.17, 15) is 29.2 Å². The largest absolute Gasteiger partial charge is 0.369 e. The Hall–Kier alpha value is -5.60. The molecule has 4 heterocycles. The van der Waals surface area contributed by atoms with Crippen LogP contribution in [0.25, 0.3) is 10.9 Å². The maximum Gasteiger partial charge on any atom is 0.262 e. The van der Waals surface area contributed by atoms with E-state index in [1.807, 2.05) is 12.1 Å². The third-order valence-electron chi connectivity index (χ3n) is 10.9. The van der Waals surface area contributed by atoms with Crippen LogP contribution >= 0.6 is 0 Å². The van der Waals surface area contributed by atoms with Crippen molar-refractivity contribution in [3.63, 3.8) is 0 Å². The lowest BCUT2D eigenvalue weighted by Crippen LogP contribution is -2.54. The summed E-state index contributed by atoms with van der Waals surface area (Å²) in [6, 6.07) is 16.2. The highest BCUT2D eigenvalue weighted by Gasteiger charge is 2.45. The molecule has 11 heteroatoms. The van der Waals surface area contributed by atoms with Gasteiger partial charge in [0.2, 0.25) is 11.8 Å². The summed E-state index contributed by atoms with van der Waals surface area (Å²) in [5, 5.41) is 12.5. The van der Waals surface area contributed by atoms with Gasteiger partial charge in [0.25, 0.3) is 11.8 Å². The van der Waals surface area contributed by atoms with E-state index < -0.39 is 35.1 Å². The van der Waals surface area contributed by atoms with Gasteiger partial charge in [-0.25, -0.2) is 0 Å². The minimum atomic E-state index is -0.987. The van der Waals surface area contributed by atoms with Gasteiger partial charge in [-0.1, -0.05) is 32.9 Å². The molecule has 11 nitrogen and oxygen atoms in total. The molecule has 1 aliphatic carbocycles. The number of carbonyl (C=O) groups excluding carboxylic acids is 5. The van der Waals surface area contributed by atoms with Crippen molar-refractivity contribution in [1.29, 1.82) is 5.26 Å². The molecule has 3 aromatic carbocycles. The van der Waals surface area contributed by atoms with Gasteiger partial charge in [0.15, 0.2) is 5.78 Å². The highest BCUT2D eigenvalue weighted by Crippen LogP contribution is 2.46. The molecule has 2 saturated heterocycles. The molecule has 50 heavy (non-hydrogen) atoms. The van der Waals surface area contributed by atoms with Crippen molar-refractivity contribution in [2.24, 2.45) is 0 Å². The van der Waals surface area contributed by atoms with E-state index in [0.29, 0.717) is 23.2 Å². The van der Waals surface area contributed by atoms with Crippen LogP contribution in [0.1, 0.15) is 98.2 Å². The van der Waals surface area contributed by atoms with Crippen LogP contribution in [0, 0.1) is 11.3 Å². The van der Waals surface area contributed by atoms with Crippen molar-refractivity contribution in [2.45, 2.75) is 58.0 Å². The van der Waals surface area contributed by atoms with Crippen LogP contribution in [0.15, 0.2) is 48.5 Å². The lowest BCUT2D eigenvalue weighted by molar-refractivity contribution is -0.136. The third kappa shape index (κ3) is 4.77.